The lowest BCUT2D eigenvalue weighted by Gasteiger charge is -2.36. The van der Waals surface area contributed by atoms with Crippen molar-refractivity contribution in [3.05, 3.63) is 29.3 Å². The Morgan fingerprint density at radius 2 is 2.00 bits per heavy atom. The van der Waals surface area contributed by atoms with E-state index in [1.54, 1.807) is 10.4 Å². The summed E-state index contributed by atoms with van der Waals surface area (Å²) in [5.74, 6) is 0. The van der Waals surface area contributed by atoms with Crippen LogP contribution in [0.4, 0.5) is 0 Å². The van der Waals surface area contributed by atoms with Gasteiger partial charge in [0.05, 0.1) is 4.90 Å². The van der Waals surface area contributed by atoms with Gasteiger partial charge in [-0.15, -0.1) is 0 Å². The Hall–Kier alpha value is -0.910. The lowest BCUT2D eigenvalue weighted by Crippen LogP contribution is -2.58. The Morgan fingerprint density at radius 3 is 2.44 bits per heavy atom. The normalized spacial score (nSPS) is 16.9. The van der Waals surface area contributed by atoms with Crippen molar-refractivity contribution in [2.24, 2.45) is 0 Å². The van der Waals surface area contributed by atoms with E-state index >= 15 is 0 Å². The Balaban J connectivity index is 2.39. The van der Waals surface area contributed by atoms with Crippen molar-refractivity contribution >= 4 is 10.0 Å². The number of nitrogens with zero attached hydrogens (tertiary/aromatic N) is 1. The van der Waals surface area contributed by atoms with Crippen LogP contribution in [0.15, 0.2) is 23.1 Å². The van der Waals surface area contributed by atoms with Crippen molar-refractivity contribution in [3.8, 4) is 0 Å². The van der Waals surface area contributed by atoms with Gasteiger partial charge in [-0.05, 0) is 25.5 Å². The van der Waals surface area contributed by atoms with Gasteiger partial charge in [0.25, 0.3) is 0 Å². The molecule has 0 radical (unpaired) electrons. The van der Waals surface area contributed by atoms with E-state index in [4.69, 9.17) is 0 Å². The fourth-order valence-corrected chi connectivity index (χ4v) is 4.16. The highest BCUT2D eigenvalue weighted by molar-refractivity contribution is 7.89. The quantitative estimate of drug-likeness (QED) is 0.895. The van der Waals surface area contributed by atoms with Gasteiger partial charge in [-0.25, -0.2) is 8.42 Å². The van der Waals surface area contributed by atoms with Crippen molar-refractivity contribution in [1.29, 1.82) is 0 Å². The fraction of sp³-hybridized carbons (Fsp3) is 0.538. The summed E-state index contributed by atoms with van der Waals surface area (Å²) in [6, 6.07) is 5.59. The lowest BCUT2D eigenvalue weighted by atomic mass is 10.2. The van der Waals surface area contributed by atoms with Crippen LogP contribution in [0.5, 0.6) is 0 Å². The Kier molecular flexibility index (Phi) is 3.75. The van der Waals surface area contributed by atoms with Crippen LogP contribution in [0.1, 0.15) is 18.1 Å². The molecule has 1 aromatic rings. The van der Waals surface area contributed by atoms with Crippen LogP contribution in [-0.2, 0) is 10.0 Å². The third kappa shape index (κ3) is 2.30. The summed E-state index contributed by atoms with van der Waals surface area (Å²) in [4.78, 5) is 0.432. The molecule has 2 rings (SSSR count). The topological polar surface area (TPSA) is 49.4 Å². The van der Waals surface area contributed by atoms with Gasteiger partial charge < -0.3 is 5.32 Å². The minimum atomic E-state index is -3.37. The molecule has 0 aliphatic carbocycles. The Morgan fingerprint density at radius 1 is 1.33 bits per heavy atom. The molecule has 1 aliphatic heterocycles. The summed E-state index contributed by atoms with van der Waals surface area (Å²) in [5.41, 5.74) is 1.90. The molecule has 0 bridgehead atoms. The summed E-state index contributed by atoms with van der Waals surface area (Å²) < 4.78 is 26.9. The monoisotopic (exact) mass is 268 g/mol. The SMILES string of the molecule is CCN(C1CNC1)S(=O)(=O)c1ccc(C)cc1C. The van der Waals surface area contributed by atoms with Crippen LogP contribution in [0.2, 0.25) is 0 Å². The number of hydrogen-bond acceptors (Lipinski definition) is 3. The van der Waals surface area contributed by atoms with E-state index in [-0.39, 0.29) is 6.04 Å². The predicted octanol–water partition coefficient (Wildman–Crippen LogP) is 1.29. The number of benzene rings is 1. The van der Waals surface area contributed by atoms with Gasteiger partial charge in [0, 0.05) is 25.7 Å². The summed E-state index contributed by atoms with van der Waals surface area (Å²) in [5, 5.41) is 3.12. The highest BCUT2D eigenvalue weighted by Gasteiger charge is 2.34. The van der Waals surface area contributed by atoms with E-state index in [1.165, 1.54) is 0 Å². The highest BCUT2D eigenvalue weighted by Crippen LogP contribution is 2.23. The zero-order valence-corrected chi connectivity index (χ0v) is 11.9. The average Bonchev–Trinajstić information content (AvgIpc) is 2.22. The fourth-order valence-electron chi connectivity index (χ4n) is 2.32. The van der Waals surface area contributed by atoms with Crippen LogP contribution in [0.3, 0.4) is 0 Å². The highest BCUT2D eigenvalue weighted by atomic mass is 32.2. The molecule has 0 unspecified atom stereocenters. The maximum Gasteiger partial charge on any atom is 0.243 e. The molecule has 1 N–H and O–H groups in total. The van der Waals surface area contributed by atoms with E-state index in [0.29, 0.717) is 11.4 Å². The maximum absolute atomic E-state index is 12.6. The van der Waals surface area contributed by atoms with Crippen molar-refractivity contribution in [1.82, 2.24) is 9.62 Å². The smallest absolute Gasteiger partial charge is 0.243 e. The molecule has 5 heteroatoms. The average molecular weight is 268 g/mol. The number of nitrogens with one attached hydrogen (secondary N) is 1. The third-order valence-corrected chi connectivity index (χ3v) is 5.58. The molecule has 4 nitrogen and oxygen atoms in total. The lowest BCUT2D eigenvalue weighted by molar-refractivity contribution is 0.249. The first-order valence-electron chi connectivity index (χ1n) is 6.26. The van der Waals surface area contributed by atoms with Crippen LogP contribution >= 0.6 is 0 Å². The van der Waals surface area contributed by atoms with E-state index in [1.807, 2.05) is 32.9 Å². The maximum atomic E-state index is 12.6. The first kappa shape index (κ1) is 13.5. The van der Waals surface area contributed by atoms with Crippen molar-refractivity contribution in [2.45, 2.75) is 31.7 Å². The number of likely N-dealkylation sites (N-methyl/N-ethyl adjacent to an activating group) is 1. The van der Waals surface area contributed by atoms with E-state index in [9.17, 15) is 8.42 Å². The van der Waals surface area contributed by atoms with Crippen molar-refractivity contribution in [3.63, 3.8) is 0 Å². The standard InChI is InChI=1S/C13H20N2O2S/c1-4-15(12-8-14-9-12)18(16,17)13-6-5-10(2)7-11(13)3/h5-7,12,14H,4,8-9H2,1-3H3. The second-order valence-electron chi connectivity index (χ2n) is 4.79. The van der Waals surface area contributed by atoms with E-state index in [2.05, 4.69) is 5.32 Å². The molecular formula is C13H20N2O2S. The minimum absolute atomic E-state index is 0.0979. The van der Waals surface area contributed by atoms with Gasteiger partial charge in [-0.2, -0.15) is 4.31 Å². The van der Waals surface area contributed by atoms with Crippen molar-refractivity contribution in [2.75, 3.05) is 19.6 Å². The molecule has 0 saturated carbocycles. The van der Waals surface area contributed by atoms with Crippen LogP contribution in [-0.4, -0.2) is 38.4 Å². The van der Waals surface area contributed by atoms with Gasteiger partial charge in [-0.1, -0.05) is 24.6 Å². The predicted molar refractivity (Wildman–Crippen MR) is 72.1 cm³/mol. The minimum Gasteiger partial charge on any atom is -0.313 e. The van der Waals surface area contributed by atoms with Gasteiger partial charge in [0.1, 0.15) is 0 Å². The largest absolute Gasteiger partial charge is 0.313 e. The number of rotatable bonds is 4. The summed E-state index contributed by atoms with van der Waals surface area (Å²) >= 11 is 0. The molecule has 1 aliphatic rings. The second kappa shape index (κ2) is 4.99. The van der Waals surface area contributed by atoms with Crippen LogP contribution in [0.25, 0.3) is 0 Å². The molecule has 18 heavy (non-hydrogen) atoms. The molecular weight excluding hydrogens is 248 g/mol. The van der Waals surface area contributed by atoms with Crippen LogP contribution in [0, 0.1) is 13.8 Å². The first-order chi connectivity index (χ1) is 8.46. The summed E-state index contributed by atoms with van der Waals surface area (Å²) in [6.07, 6.45) is 0. The Bertz CT molecular complexity index is 536. The van der Waals surface area contributed by atoms with E-state index in [0.717, 1.165) is 24.2 Å². The summed E-state index contributed by atoms with van der Waals surface area (Å²) in [6.45, 7) is 7.72. The van der Waals surface area contributed by atoms with Gasteiger partial charge in [-0.3, -0.25) is 0 Å². The zero-order chi connectivity index (χ0) is 13.3. The van der Waals surface area contributed by atoms with E-state index < -0.39 is 10.0 Å². The van der Waals surface area contributed by atoms with Gasteiger partial charge in [0.15, 0.2) is 0 Å². The first-order valence-corrected chi connectivity index (χ1v) is 7.70. The number of sulfonamides is 1. The molecule has 1 aromatic carbocycles. The van der Waals surface area contributed by atoms with Gasteiger partial charge in [0.2, 0.25) is 10.0 Å². The zero-order valence-electron chi connectivity index (χ0n) is 11.1. The molecule has 0 atom stereocenters. The molecule has 100 valence electrons. The van der Waals surface area contributed by atoms with Crippen LogP contribution < -0.4 is 5.32 Å². The Labute approximate surface area is 109 Å². The summed E-state index contributed by atoms with van der Waals surface area (Å²) in [7, 11) is -3.37. The van der Waals surface area contributed by atoms with Crippen molar-refractivity contribution < 1.29 is 8.42 Å². The molecule has 1 fully saturated rings. The second-order valence-corrected chi connectivity index (χ2v) is 6.65. The third-order valence-electron chi connectivity index (χ3n) is 3.40. The van der Waals surface area contributed by atoms with Gasteiger partial charge >= 0.3 is 0 Å². The molecule has 0 amide bonds. The molecule has 0 aromatic heterocycles. The molecule has 1 saturated heterocycles. The number of aryl methyl sites for hydroxylation is 2. The number of hydrogen-bond donors (Lipinski definition) is 1. The molecule has 0 spiro atoms. The molecule has 1 heterocycles.